The van der Waals surface area contributed by atoms with Gasteiger partial charge < -0.3 is 24.8 Å². The van der Waals surface area contributed by atoms with Crippen molar-refractivity contribution in [2.75, 3.05) is 17.4 Å². The molecule has 6 nitrogen and oxygen atoms in total. The Morgan fingerprint density at radius 2 is 1.69 bits per heavy atom. The van der Waals surface area contributed by atoms with E-state index in [-0.39, 0.29) is 12.7 Å². The van der Waals surface area contributed by atoms with Gasteiger partial charge in [-0.2, -0.15) is 0 Å². The van der Waals surface area contributed by atoms with Crippen LogP contribution in [-0.4, -0.2) is 18.7 Å². The highest BCUT2D eigenvalue weighted by molar-refractivity contribution is 5.96. The molecular weight excluding hydrogens is 368 g/mol. The van der Waals surface area contributed by atoms with Crippen molar-refractivity contribution in [3.8, 4) is 17.2 Å². The van der Waals surface area contributed by atoms with E-state index in [9.17, 15) is 4.79 Å². The number of hydrogen-bond acceptors (Lipinski definition) is 5. The highest BCUT2D eigenvalue weighted by atomic mass is 16.7. The van der Waals surface area contributed by atoms with E-state index in [0.29, 0.717) is 23.8 Å². The largest absolute Gasteiger partial charge is 0.489 e. The predicted molar refractivity (Wildman–Crippen MR) is 111 cm³/mol. The van der Waals surface area contributed by atoms with Gasteiger partial charge in [0.1, 0.15) is 18.4 Å². The Balaban J connectivity index is 1.29. The maximum Gasteiger partial charge on any atom is 0.246 e. The van der Waals surface area contributed by atoms with Gasteiger partial charge in [0.25, 0.3) is 0 Å². The van der Waals surface area contributed by atoms with Crippen LogP contribution in [0, 0.1) is 0 Å². The Kier molecular flexibility index (Phi) is 5.52. The number of ether oxygens (including phenoxy) is 3. The molecule has 1 aliphatic heterocycles. The number of nitrogens with one attached hydrogen (secondary N) is 2. The van der Waals surface area contributed by atoms with Crippen LogP contribution < -0.4 is 24.8 Å². The Labute approximate surface area is 169 Å². The van der Waals surface area contributed by atoms with Gasteiger partial charge in [0, 0.05) is 17.4 Å². The van der Waals surface area contributed by atoms with E-state index in [0.717, 1.165) is 17.0 Å². The normalized spacial score (nSPS) is 12.9. The maximum atomic E-state index is 12.5. The van der Waals surface area contributed by atoms with Gasteiger partial charge >= 0.3 is 0 Å². The number of benzene rings is 3. The van der Waals surface area contributed by atoms with Crippen LogP contribution in [0.15, 0.2) is 72.8 Å². The topological polar surface area (TPSA) is 68.8 Å². The second-order valence-corrected chi connectivity index (χ2v) is 6.72. The van der Waals surface area contributed by atoms with Crippen LogP contribution in [0.1, 0.15) is 12.5 Å². The van der Waals surface area contributed by atoms with Crippen molar-refractivity contribution in [2.24, 2.45) is 0 Å². The highest BCUT2D eigenvalue weighted by Crippen LogP contribution is 2.34. The Bertz CT molecular complexity index is 974. The summed E-state index contributed by atoms with van der Waals surface area (Å²) in [4.78, 5) is 12.5. The molecule has 3 aromatic rings. The van der Waals surface area contributed by atoms with Crippen molar-refractivity contribution in [1.82, 2.24) is 0 Å². The van der Waals surface area contributed by atoms with E-state index in [4.69, 9.17) is 14.2 Å². The molecule has 2 N–H and O–H groups in total. The fourth-order valence-electron chi connectivity index (χ4n) is 2.93. The minimum absolute atomic E-state index is 0.145. The van der Waals surface area contributed by atoms with Crippen LogP contribution in [-0.2, 0) is 11.4 Å². The van der Waals surface area contributed by atoms with Crippen LogP contribution >= 0.6 is 0 Å². The van der Waals surface area contributed by atoms with Crippen LogP contribution in [0.3, 0.4) is 0 Å². The van der Waals surface area contributed by atoms with Gasteiger partial charge in [0.05, 0.1) is 0 Å². The van der Waals surface area contributed by atoms with Gasteiger partial charge in [0.15, 0.2) is 11.5 Å². The lowest BCUT2D eigenvalue weighted by molar-refractivity contribution is -0.116. The van der Waals surface area contributed by atoms with Crippen molar-refractivity contribution < 1.29 is 19.0 Å². The van der Waals surface area contributed by atoms with E-state index >= 15 is 0 Å². The fraction of sp³-hybridized carbons (Fsp3) is 0.174. The van der Waals surface area contributed by atoms with Crippen molar-refractivity contribution in [3.05, 3.63) is 78.4 Å². The summed E-state index contributed by atoms with van der Waals surface area (Å²) in [5.74, 6) is 1.95. The lowest BCUT2D eigenvalue weighted by atomic mass is 10.2. The number of hydrogen-bond donors (Lipinski definition) is 2. The Morgan fingerprint density at radius 1 is 0.966 bits per heavy atom. The molecule has 0 bridgehead atoms. The first-order chi connectivity index (χ1) is 14.2. The lowest BCUT2D eigenvalue weighted by Gasteiger charge is -2.16. The van der Waals surface area contributed by atoms with Crippen LogP contribution in [0.4, 0.5) is 11.4 Å². The zero-order valence-electron chi connectivity index (χ0n) is 16.1. The number of rotatable bonds is 7. The van der Waals surface area contributed by atoms with Crippen molar-refractivity contribution in [2.45, 2.75) is 19.6 Å². The summed E-state index contributed by atoms with van der Waals surface area (Å²) < 4.78 is 16.4. The van der Waals surface area contributed by atoms with E-state index in [2.05, 4.69) is 10.6 Å². The number of amides is 1. The second kappa shape index (κ2) is 8.56. The summed E-state index contributed by atoms with van der Waals surface area (Å²) >= 11 is 0. The molecule has 3 aromatic carbocycles. The quantitative estimate of drug-likeness (QED) is 0.624. The highest BCUT2D eigenvalue weighted by Gasteiger charge is 2.17. The first kappa shape index (κ1) is 18.7. The second-order valence-electron chi connectivity index (χ2n) is 6.72. The molecule has 0 saturated heterocycles. The lowest BCUT2D eigenvalue weighted by Crippen LogP contribution is -2.31. The Hall–Kier alpha value is -3.67. The summed E-state index contributed by atoms with van der Waals surface area (Å²) in [7, 11) is 0. The van der Waals surface area contributed by atoms with Gasteiger partial charge in [-0.15, -0.1) is 0 Å². The summed E-state index contributed by atoms with van der Waals surface area (Å²) in [6, 6.07) is 22.5. The van der Waals surface area contributed by atoms with Gasteiger partial charge in [-0.25, -0.2) is 0 Å². The Morgan fingerprint density at radius 3 is 2.48 bits per heavy atom. The van der Waals surface area contributed by atoms with E-state index < -0.39 is 6.04 Å². The van der Waals surface area contributed by atoms with E-state index in [1.165, 1.54) is 0 Å². The number of anilines is 2. The maximum absolute atomic E-state index is 12.5. The smallest absolute Gasteiger partial charge is 0.246 e. The third-order valence-electron chi connectivity index (χ3n) is 4.52. The molecule has 0 spiro atoms. The number of fused-ring (bicyclic) bond motifs is 1. The van der Waals surface area contributed by atoms with E-state index in [1.54, 1.807) is 18.2 Å². The average Bonchev–Trinajstić information content (AvgIpc) is 3.22. The number of carbonyl (C=O) groups is 1. The molecule has 0 fully saturated rings. The average molecular weight is 390 g/mol. The monoisotopic (exact) mass is 390 g/mol. The summed E-state index contributed by atoms with van der Waals surface area (Å²) in [5.41, 5.74) is 2.62. The fourth-order valence-corrected chi connectivity index (χ4v) is 2.93. The van der Waals surface area contributed by atoms with Crippen LogP contribution in [0.5, 0.6) is 17.2 Å². The molecule has 1 aliphatic rings. The van der Waals surface area contributed by atoms with Crippen LogP contribution in [0.25, 0.3) is 0 Å². The SMILES string of the molecule is C[C@H](Nc1ccc(OCc2ccccc2)cc1)C(=O)Nc1ccc2c(c1)OCO2. The van der Waals surface area contributed by atoms with Gasteiger partial charge in [0.2, 0.25) is 12.7 Å². The van der Waals surface area contributed by atoms with Crippen molar-refractivity contribution >= 4 is 17.3 Å². The molecule has 0 saturated carbocycles. The van der Waals surface area contributed by atoms with Crippen molar-refractivity contribution in [1.29, 1.82) is 0 Å². The third-order valence-corrected chi connectivity index (χ3v) is 4.52. The molecule has 29 heavy (non-hydrogen) atoms. The molecule has 148 valence electrons. The predicted octanol–water partition coefficient (Wildman–Crippen LogP) is 4.43. The molecule has 0 aromatic heterocycles. The van der Waals surface area contributed by atoms with Gasteiger partial charge in [-0.3, -0.25) is 4.79 Å². The molecule has 6 heteroatoms. The molecule has 1 atom stereocenters. The minimum atomic E-state index is -0.420. The molecule has 4 rings (SSSR count). The van der Waals surface area contributed by atoms with Gasteiger partial charge in [-0.1, -0.05) is 30.3 Å². The zero-order valence-corrected chi connectivity index (χ0v) is 16.1. The van der Waals surface area contributed by atoms with Crippen molar-refractivity contribution in [3.63, 3.8) is 0 Å². The molecule has 0 radical (unpaired) electrons. The molecule has 0 aliphatic carbocycles. The minimum Gasteiger partial charge on any atom is -0.489 e. The summed E-state index contributed by atoms with van der Waals surface area (Å²) in [5, 5.41) is 6.07. The first-order valence-electron chi connectivity index (χ1n) is 9.41. The first-order valence-corrected chi connectivity index (χ1v) is 9.41. The summed E-state index contributed by atoms with van der Waals surface area (Å²) in [6.07, 6.45) is 0. The zero-order chi connectivity index (χ0) is 20.1. The molecule has 0 unspecified atom stereocenters. The van der Waals surface area contributed by atoms with Crippen LogP contribution in [0.2, 0.25) is 0 Å². The molecule has 1 heterocycles. The summed E-state index contributed by atoms with van der Waals surface area (Å²) in [6.45, 7) is 2.53. The molecular formula is C23H22N2O4. The standard InChI is InChI=1S/C23H22N2O4/c1-16(23(26)25-19-9-12-21-22(13-19)29-15-28-21)24-18-7-10-20(11-8-18)27-14-17-5-3-2-4-6-17/h2-13,16,24H,14-15H2,1H3,(H,25,26)/t16-/m0/s1. The number of carbonyl (C=O) groups excluding carboxylic acids is 1. The third kappa shape index (κ3) is 4.79. The van der Waals surface area contributed by atoms with Gasteiger partial charge in [-0.05, 0) is 48.9 Å². The molecule has 1 amide bonds. The van der Waals surface area contributed by atoms with E-state index in [1.807, 2.05) is 61.5 Å².